The van der Waals surface area contributed by atoms with Gasteiger partial charge in [-0.1, -0.05) is 11.3 Å². The topological polar surface area (TPSA) is 111 Å². The summed E-state index contributed by atoms with van der Waals surface area (Å²) in [4.78, 5) is 22.1. The van der Waals surface area contributed by atoms with Crippen molar-refractivity contribution in [3.05, 3.63) is 53.4 Å². The quantitative estimate of drug-likeness (QED) is 0.491. The van der Waals surface area contributed by atoms with Crippen LogP contribution in [0.4, 0.5) is 5.13 Å². The number of ether oxygens (including phenoxy) is 1. The van der Waals surface area contributed by atoms with Crippen LogP contribution in [-0.4, -0.2) is 34.2 Å². The lowest BCUT2D eigenvalue weighted by molar-refractivity contribution is 0.00862. The molecule has 1 unspecified atom stereocenters. The van der Waals surface area contributed by atoms with Crippen LogP contribution in [0.25, 0.3) is 22.6 Å². The zero-order valence-corrected chi connectivity index (χ0v) is 16.7. The number of furan rings is 2. The van der Waals surface area contributed by atoms with Crippen molar-refractivity contribution in [2.75, 3.05) is 18.5 Å². The second-order valence-electron chi connectivity index (χ2n) is 7.10. The van der Waals surface area contributed by atoms with E-state index >= 15 is 0 Å². The Kier molecular flexibility index (Phi) is 5.07. The van der Waals surface area contributed by atoms with Crippen molar-refractivity contribution in [3.8, 4) is 11.5 Å². The molecule has 1 aliphatic rings. The van der Waals surface area contributed by atoms with E-state index in [0.29, 0.717) is 46.0 Å². The summed E-state index contributed by atoms with van der Waals surface area (Å²) >= 11 is 1.25. The Bertz CT molecular complexity index is 1160. The van der Waals surface area contributed by atoms with Crippen molar-refractivity contribution >= 4 is 33.5 Å². The fourth-order valence-corrected chi connectivity index (χ4v) is 4.62. The van der Waals surface area contributed by atoms with Crippen molar-refractivity contribution in [2.45, 2.75) is 18.9 Å². The molecule has 1 fully saturated rings. The van der Waals surface area contributed by atoms with Crippen molar-refractivity contribution in [2.24, 2.45) is 5.92 Å². The molecule has 0 spiro atoms. The number of amides is 1. The third-order valence-corrected chi connectivity index (χ3v) is 6.22. The SMILES string of the molecule is O=C(Nc1nc(-c2ccco2)c(C(O)C2CCOCC2)s1)c1cnc2occc2c1. The van der Waals surface area contributed by atoms with Gasteiger partial charge in [-0.05, 0) is 43.0 Å². The monoisotopic (exact) mass is 425 g/mol. The number of anilines is 1. The molecule has 1 amide bonds. The standard InChI is InChI=1S/C21H19N3O5S/c25-17(12-3-7-27-8-4-12)18-16(15-2-1-6-28-15)23-21(30-18)24-19(26)14-10-13-5-9-29-20(13)22-11-14/h1-2,5-6,9-12,17,25H,3-4,7-8H2,(H,23,24,26). The number of pyridine rings is 1. The average molecular weight is 425 g/mol. The lowest BCUT2D eigenvalue weighted by Gasteiger charge is -2.26. The van der Waals surface area contributed by atoms with E-state index in [1.54, 1.807) is 30.5 Å². The maximum Gasteiger partial charge on any atom is 0.259 e. The molecule has 0 aromatic carbocycles. The van der Waals surface area contributed by atoms with Crippen molar-refractivity contribution < 1.29 is 23.5 Å². The number of carbonyl (C=O) groups is 1. The predicted molar refractivity (Wildman–Crippen MR) is 110 cm³/mol. The van der Waals surface area contributed by atoms with Crippen molar-refractivity contribution in [1.29, 1.82) is 0 Å². The van der Waals surface area contributed by atoms with Gasteiger partial charge in [0.15, 0.2) is 10.9 Å². The number of thiazole rings is 1. The number of rotatable bonds is 5. The number of aromatic nitrogens is 2. The van der Waals surface area contributed by atoms with Crippen LogP contribution >= 0.6 is 11.3 Å². The Labute approximate surface area is 175 Å². The van der Waals surface area contributed by atoms with Crippen LogP contribution in [0.3, 0.4) is 0 Å². The van der Waals surface area contributed by atoms with Crippen LogP contribution in [-0.2, 0) is 4.74 Å². The van der Waals surface area contributed by atoms with Gasteiger partial charge in [0, 0.05) is 24.8 Å². The van der Waals surface area contributed by atoms with Gasteiger partial charge in [0.25, 0.3) is 5.91 Å². The molecule has 5 heterocycles. The summed E-state index contributed by atoms with van der Waals surface area (Å²) in [6.07, 6.45) is 5.38. The first-order valence-corrected chi connectivity index (χ1v) is 10.5. The molecule has 0 saturated carbocycles. The highest BCUT2D eigenvalue weighted by atomic mass is 32.1. The van der Waals surface area contributed by atoms with E-state index in [2.05, 4.69) is 15.3 Å². The largest absolute Gasteiger partial charge is 0.463 e. The summed E-state index contributed by atoms with van der Waals surface area (Å²) in [7, 11) is 0. The van der Waals surface area contributed by atoms with Gasteiger partial charge in [0.1, 0.15) is 5.69 Å². The molecule has 2 N–H and O–H groups in total. The minimum Gasteiger partial charge on any atom is -0.463 e. The lowest BCUT2D eigenvalue weighted by atomic mass is 9.92. The molecule has 0 bridgehead atoms. The Hall–Kier alpha value is -3.01. The van der Waals surface area contributed by atoms with Crippen LogP contribution in [0.15, 0.2) is 51.8 Å². The molecule has 5 rings (SSSR count). The van der Waals surface area contributed by atoms with Gasteiger partial charge in [-0.3, -0.25) is 10.1 Å². The number of nitrogens with zero attached hydrogens (tertiary/aromatic N) is 2. The summed E-state index contributed by atoms with van der Waals surface area (Å²) < 4.78 is 16.1. The Morgan fingerprint density at radius 1 is 1.23 bits per heavy atom. The lowest BCUT2D eigenvalue weighted by Crippen LogP contribution is -2.21. The molecule has 4 aromatic heterocycles. The predicted octanol–water partition coefficient (Wildman–Crippen LogP) is 4.26. The molecule has 1 aliphatic heterocycles. The summed E-state index contributed by atoms with van der Waals surface area (Å²) in [6.45, 7) is 1.26. The summed E-state index contributed by atoms with van der Waals surface area (Å²) in [5, 5.41) is 15.0. The molecule has 154 valence electrons. The third-order valence-electron chi connectivity index (χ3n) is 5.18. The van der Waals surface area contributed by atoms with Crippen molar-refractivity contribution in [3.63, 3.8) is 0 Å². The van der Waals surface area contributed by atoms with E-state index in [4.69, 9.17) is 13.6 Å². The van der Waals surface area contributed by atoms with Crippen LogP contribution in [0, 0.1) is 5.92 Å². The molecule has 30 heavy (non-hydrogen) atoms. The van der Waals surface area contributed by atoms with E-state index in [-0.39, 0.29) is 11.8 Å². The maximum absolute atomic E-state index is 12.7. The highest BCUT2D eigenvalue weighted by Crippen LogP contribution is 2.41. The molecular formula is C21H19N3O5S. The summed E-state index contributed by atoms with van der Waals surface area (Å²) in [5.41, 5.74) is 1.41. The van der Waals surface area contributed by atoms with E-state index < -0.39 is 6.10 Å². The number of hydrogen-bond acceptors (Lipinski definition) is 8. The van der Waals surface area contributed by atoms with Gasteiger partial charge in [-0.15, -0.1) is 0 Å². The third kappa shape index (κ3) is 3.62. The molecule has 1 atom stereocenters. The second-order valence-corrected chi connectivity index (χ2v) is 8.13. The van der Waals surface area contributed by atoms with Gasteiger partial charge in [-0.2, -0.15) is 0 Å². The first-order valence-electron chi connectivity index (χ1n) is 9.64. The average Bonchev–Trinajstić information content (AvgIpc) is 3.53. The highest BCUT2D eigenvalue weighted by Gasteiger charge is 2.30. The molecular weight excluding hydrogens is 406 g/mol. The van der Waals surface area contributed by atoms with Gasteiger partial charge in [-0.25, -0.2) is 9.97 Å². The van der Waals surface area contributed by atoms with Gasteiger partial charge < -0.3 is 18.7 Å². The maximum atomic E-state index is 12.7. The minimum absolute atomic E-state index is 0.0733. The highest BCUT2D eigenvalue weighted by molar-refractivity contribution is 7.16. The van der Waals surface area contributed by atoms with Gasteiger partial charge in [0.2, 0.25) is 5.71 Å². The number of nitrogens with one attached hydrogen (secondary N) is 1. The smallest absolute Gasteiger partial charge is 0.259 e. The van der Waals surface area contributed by atoms with Gasteiger partial charge >= 0.3 is 0 Å². The molecule has 0 aliphatic carbocycles. The van der Waals surface area contributed by atoms with Crippen LogP contribution < -0.4 is 5.32 Å². The van der Waals surface area contributed by atoms with Crippen LogP contribution in [0.1, 0.15) is 34.2 Å². The Morgan fingerprint density at radius 2 is 2.10 bits per heavy atom. The first kappa shape index (κ1) is 19.0. The van der Waals surface area contributed by atoms with E-state index in [9.17, 15) is 9.90 Å². The molecule has 9 heteroatoms. The molecule has 0 radical (unpaired) electrons. The minimum atomic E-state index is -0.707. The fourth-order valence-electron chi connectivity index (χ4n) is 3.57. The number of carbonyl (C=O) groups excluding carboxylic acids is 1. The number of fused-ring (bicyclic) bond motifs is 1. The number of aliphatic hydroxyl groups excluding tert-OH is 1. The fraction of sp³-hybridized carbons (Fsp3) is 0.286. The first-order chi connectivity index (χ1) is 14.7. The summed E-state index contributed by atoms with van der Waals surface area (Å²) in [6, 6.07) is 7.01. The zero-order chi connectivity index (χ0) is 20.5. The van der Waals surface area contributed by atoms with E-state index in [0.717, 1.165) is 18.2 Å². The van der Waals surface area contributed by atoms with E-state index in [1.807, 2.05) is 0 Å². The number of hydrogen-bond donors (Lipinski definition) is 2. The second kappa shape index (κ2) is 8.02. The Balaban J connectivity index is 1.44. The molecule has 8 nitrogen and oxygen atoms in total. The normalized spacial score (nSPS) is 16.0. The zero-order valence-electron chi connectivity index (χ0n) is 15.9. The summed E-state index contributed by atoms with van der Waals surface area (Å²) in [5.74, 6) is 0.288. The van der Waals surface area contributed by atoms with E-state index in [1.165, 1.54) is 23.8 Å². The number of aliphatic hydroxyl groups is 1. The van der Waals surface area contributed by atoms with Crippen LogP contribution in [0.2, 0.25) is 0 Å². The molecule has 1 saturated heterocycles. The van der Waals surface area contributed by atoms with Crippen molar-refractivity contribution in [1.82, 2.24) is 9.97 Å². The van der Waals surface area contributed by atoms with Crippen LogP contribution in [0.5, 0.6) is 0 Å². The molecule has 4 aromatic rings. The van der Waals surface area contributed by atoms with Gasteiger partial charge in [0.05, 0.1) is 29.1 Å². The Morgan fingerprint density at radius 3 is 2.90 bits per heavy atom.